The van der Waals surface area contributed by atoms with E-state index in [4.69, 9.17) is 16.3 Å². The zero-order valence-corrected chi connectivity index (χ0v) is 16.3. The lowest BCUT2D eigenvalue weighted by atomic mass is 10.1. The lowest BCUT2D eigenvalue weighted by Crippen LogP contribution is -2.40. The quantitative estimate of drug-likeness (QED) is 0.522. The molecule has 1 aromatic carbocycles. The number of thiazole rings is 1. The molecule has 2 rings (SSSR count). The minimum atomic E-state index is -0.839. The molecular formula is C18H22ClN3O3S. The number of halogens is 1. The summed E-state index contributed by atoms with van der Waals surface area (Å²) in [6, 6.07) is 9.09. The Labute approximate surface area is 162 Å². The number of methoxy groups -OCH3 is 1. The molecule has 1 aromatic heterocycles. The fraction of sp³-hybridized carbons (Fsp3) is 0.389. The van der Waals surface area contributed by atoms with Crippen LogP contribution in [0.1, 0.15) is 23.1 Å². The smallest absolute Gasteiger partial charge is 0.245 e. The summed E-state index contributed by atoms with van der Waals surface area (Å²) < 4.78 is 5.04. The average molecular weight is 396 g/mol. The molecule has 140 valence electrons. The van der Waals surface area contributed by atoms with Crippen LogP contribution < -0.4 is 5.32 Å². The van der Waals surface area contributed by atoms with E-state index < -0.39 is 5.38 Å². The number of amides is 2. The highest BCUT2D eigenvalue weighted by atomic mass is 35.5. The summed E-state index contributed by atoms with van der Waals surface area (Å²) in [6.07, 6.45) is 0.615. The number of hydrogen-bond donors (Lipinski definition) is 1. The molecule has 1 heterocycles. The molecule has 0 fully saturated rings. The Morgan fingerprint density at radius 1 is 1.35 bits per heavy atom. The normalized spacial score (nSPS) is 11.8. The summed E-state index contributed by atoms with van der Waals surface area (Å²) in [7, 11) is 1.60. The summed E-state index contributed by atoms with van der Waals surface area (Å²) >= 11 is 7.69. The number of carbonyl (C=O) groups excluding carboxylic acids is 2. The summed E-state index contributed by atoms with van der Waals surface area (Å²) in [5.41, 5.74) is 1.54. The number of hydrogen-bond acceptors (Lipinski definition) is 5. The number of alkyl halides is 1. The molecule has 0 bridgehead atoms. The maximum absolute atomic E-state index is 12.8. The largest absolute Gasteiger partial charge is 0.385 e. The second kappa shape index (κ2) is 10.3. The van der Waals surface area contributed by atoms with Gasteiger partial charge in [-0.1, -0.05) is 30.3 Å². The van der Waals surface area contributed by atoms with Crippen molar-refractivity contribution in [3.63, 3.8) is 0 Å². The standard InChI is InChI=1S/C18H22ClN3O3S/c1-13-12-26-18(20-13)21-15(23)11-22(9-6-10-25-2)17(24)16(19)14-7-4-3-5-8-14/h3-5,7-8,12,16H,6,9-11H2,1-2H3,(H,20,21,23). The van der Waals surface area contributed by atoms with Gasteiger partial charge < -0.3 is 15.0 Å². The summed E-state index contributed by atoms with van der Waals surface area (Å²) in [5.74, 6) is -0.610. The van der Waals surface area contributed by atoms with Crippen LogP contribution in [0.4, 0.5) is 5.13 Å². The summed E-state index contributed by atoms with van der Waals surface area (Å²) in [6.45, 7) is 2.64. The molecule has 2 aromatic rings. The van der Waals surface area contributed by atoms with Crippen LogP contribution in [-0.4, -0.2) is 48.5 Å². The Bertz CT molecular complexity index is 723. The number of aromatic nitrogens is 1. The average Bonchev–Trinajstić information content (AvgIpc) is 3.05. The number of carbonyl (C=O) groups is 2. The summed E-state index contributed by atoms with van der Waals surface area (Å²) in [5, 5.41) is 4.24. The molecule has 0 aliphatic rings. The number of benzene rings is 1. The van der Waals surface area contributed by atoms with Gasteiger partial charge in [-0.15, -0.1) is 22.9 Å². The lowest BCUT2D eigenvalue weighted by molar-refractivity contribution is -0.134. The van der Waals surface area contributed by atoms with Crippen LogP contribution >= 0.6 is 22.9 Å². The molecule has 8 heteroatoms. The maximum Gasteiger partial charge on any atom is 0.245 e. The van der Waals surface area contributed by atoms with Crippen molar-refractivity contribution in [1.29, 1.82) is 0 Å². The van der Waals surface area contributed by atoms with Gasteiger partial charge in [-0.05, 0) is 18.9 Å². The number of ether oxygens (including phenoxy) is 1. The maximum atomic E-state index is 12.8. The Morgan fingerprint density at radius 2 is 2.08 bits per heavy atom. The molecule has 0 aliphatic carbocycles. The van der Waals surface area contributed by atoms with Gasteiger partial charge in [0.05, 0.1) is 12.2 Å². The zero-order valence-electron chi connectivity index (χ0n) is 14.8. The van der Waals surface area contributed by atoms with Gasteiger partial charge in [-0.25, -0.2) is 4.98 Å². The van der Waals surface area contributed by atoms with E-state index in [1.807, 2.05) is 30.5 Å². The monoisotopic (exact) mass is 395 g/mol. The number of nitrogens with one attached hydrogen (secondary N) is 1. The number of aryl methyl sites for hydroxylation is 1. The number of nitrogens with zero attached hydrogens (tertiary/aromatic N) is 2. The van der Waals surface area contributed by atoms with Gasteiger partial charge >= 0.3 is 0 Å². The van der Waals surface area contributed by atoms with Gasteiger partial charge in [-0.2, -0.15) is 0 Å². The highest BCUT2D eigenvalue weighted by Crippen LogP contribution is 2.23. The van der Waals surface area contributed by atoms with Crippen LogP contribution in [0, 0.1) is 6.92 Å². The lowest BCUT2D eigenvalue weighted by Gasteiger charge is -2.24. The predicted molar refractivity (Wildman–Crippen MR) is 104 cm³/mol. The predicted octanol–water partition coefficient (Wildman–Crippen LogP) is 3.24. The first kappa shape index (κ1) is 20.4. The number of anilines is 1. The molecule has 0 radical (unpaired) electrons. The van der Waals surface area contributed by atoms with Gasteiger partial charge in [-0.3, -0.25) is 9.59 Å². The molecule has 1 unspecified atom stereocenters. The fourth-order valence-corrected chi connectivity index (χ4v) is 3.32. The molecule has 0 saturated carbocycles. The van der Waals surface area contributed by atoms with E-state index in [0.29, 0.717) is 30.3 Å². The van der Waals surface area contributed by atoms with Crippen LogP contribution in [0.25, 0.3) is 0 Å². The van der Waals surface area contributed by atoms with Crippen molar-refractivity contribution in [3.05, 3.63) is 47.0 Å². The number of rotatable bonds is 9. The Hall–Kier alpha value is -1.96. The van der Waals surface area contributed by atoms with Crippen molar-refractivity contribution in [2.24, 2.45) is 0 Å². The second-order valence-corrected chi connectivity index (χ2v) is 7.02. The van der Waals surface area contributed by atoms with Gasteiger partial charge in [0.15, 0.2) is 5.13 Å². The highest BCUT2D eigenvalue weighted by molar-refractivity contribution is 7.13. The van der Waals surface area contributed by atoms with Crippen LogP contribution in [0.15, 0.2) is 35.7 Å². The Kier molecular flexibility index (Phi) is 8.03. The molecule has 0 spiro atoms. The van der Waals surface area contributed by atoms with Crippen LogP contribution in [0.2, 0.25) is 0 Å². The van der Waals surface area contributed by atoms with Crippen molar-refractivity contribution in [2.45, 2.75) is 18.7 Å². The molecule has 1 N–H and O–H groups in total. The first-order valence-corrected chi connectivity index (χ1v) is 9.51. The van der Waals surface area contributed by atoms with Crippen LogP contribution in [-0.2, 0) is 14.3 Å². The first-order valence-electron chi connectivity index (χ1n) is 8.20. The third-order valence-corrected chi connectivity index (χ3v) is 4.91. The SMILES string of the molecule is COCCCN(CC(=O)Nc1nc(C)cs1)C(=O)C(Cl)c1ccccc1. The molecule has 6 nitrogen and oxygen atoms in total. The van der Waals surface area contributed by atoms with Crippen molar-refractivity contribution < 1.29 is 14.3 Å². The van der Waals surface area contributed by atoms with E-state index in [2.05, 4.69) is 10.3 Å². The molecule has 0 saturated heterocycles. The van der Waals surface area contributed by atoms with E-state index in [1.165, 1.54) is 16.2 Å². The molecule has 1 atom stereocenters. The third kappa shape index (κ3) is 6.09. The van der Waals surface area contributed by atoms with Gasteiger partial charge in [0.1, 0.15) is 5.38 Å². The van der Waals surface area contributed by atoms with Crippen LogP contribution in [0.5, 0.6) is 0 Å². The van der Waals surface area contributed by atoms with Crippen molar-refractivity contribution >= 4 is 39.9 Å². The minimum absolute atomic E-state index is 0.0861. The summed E-state index contributed by atoms with van der Waals surface area (Å²) in [4.78, 5) is 30.8. The topological polar surface area (TPSA) is 71.5 Å². The third-order valence-electron chi connectivity index (χ3n) is 3.60. The minimum Gasteiger partial charge on any atom is -0.385 e. The van der Waals surface area contributed by atoms with E-state index in [0.717, 1.165) is 5.69 Å². The first-order chi connectivity index (χ1) is 12.5. The van der Waals surface area contributed by atoms with Crippen molar-refractivity contribution in [1.82, 2.24) is 9.88 Å². The Morgan fingerprint density at radius 3 is 2.69 bits per heavy atom. The molecular weight excluding hydrogens is 374 g/mol. The van der Waals surface area contributed by atoms with Crippen LogP contribution in [0.3, 0.4) is 0 Å². The van der Waals surface area contributed by atoms with Crippen molar-refractivity contribution in [3.8, 4) is 0 Å². The van der Waals surface area contributed by atoms with E-state index in [-0.39, 0.29) is 18.4 Å². The molecule has 2 amide bonds. The Balaban J connectivity index is 2.03. The second-order valence-electron chi connectivity index (χ2n) is 5.72. The van der Waals surface area contributed by atoms with E-state index in [1.54, 1.807) is 19.2 Å². The molecule has 26 heavy (non-hydrogen) atoms. The van der Waals surface area contributed by atoms with E-state index in [9.17, 15) is 9.59 Å². The fourth-order valence-electron chi connectivity index (χ4n) is 2.34. The molecule has 0 aliphatic heterocycles. The zero-order chi connectivity index (χ0) is 18.9. The van der Waals surface area contributed by atoms with Gasteiger partial charge in [0.25, 0.3) is 0 Å². The highest BCUT2D eigenvalue weighted by Gasteiger charge is 2.25. The van der Waals surface area contributed by atoms with Gasteiger partial charge in [0.2, 0.25) is 11.8 Å². The van der Waals surface area contributed by atoms with Crippen molar-refractivity contribution in [2.75, 3.05) is 32.1 Å². The van der Waals surface area contributed by atoms with E-state index >= 15 is 0 Å². The van der Waals surface area contributed by atoms with Gasteiger partial charge in [0, 0.05) is 25.6 Å².